The van der Waals surface area contributed by atoms with Gasteiger partial charge in [0.1, 0.15) is 0 Å². The van der Waals surface area contributed by atoms with Gasteiger partial charge in [0.15, 0.2) is 0 Å². The first-order valence-corrected chi connectivity index (χ1v) is 6.88. The largest absolute Gasteiger partial charge is 0.391 e. The van der Waals surface area contributed by atoms with Gasteiger partial charge in [0, 0.05) is 18.6 Å². The van der Waals surface area contributed by atoms with E-state index in [1.807, 2.05) is 0 Å². The van der Waals surface area contributed by atoms with Crippen LogP contribution in [0.5, 0.6) is 0 Å². The molecule has 1 heterocycles. The first-order chi connectivity index (χ1) is 8.34. The van der Waals surface area contributed by atoms with Gasteiger partial charge in [0.2, 0.25) is 0 Å². The van der Waals surface area contributed by atoms with Crippen molar-refractivity contribution in [1.82, 2.24) is 10.2 Å². The first kappa shape index (κ1) is 15.8. The second-order valence-electron chi connectivity index (χ2n) is 5.42. The molecule has 0 aromatic carbocycles. The first-order valence-electron chi connectivity index (χ1n) is 6.88. The van der Waals surface area contributed by atoms with Gasteiger partial charge in [-0.1, -0.05) is 6.92 Å². The van der Waals surface area contributed by atoms with E-state index in [1.54, 1.807) is 0 Å². The Balaban J connectivity index is 2.29. The number of rotatable bonds is 5. The molecule has 1 fully saturated rings. The van der Waals surface area contributed by atoms with Gasteiger partial charge in [-0.3, -0.25) is 4.90 Å². The minimum absolute atomic E-state index is 0.247. The van der Waals surface area contributed by atoms with Crippen molar-refractivity contribution in [3.63, 3.8) is 0 Å². The molecule has 0 aromatic rings. The molecule has 1 saturated heterocycles. The Labute approximate surface area is 108 Å². The normalized spacial score (nSPS) is 23.0. The van der Waals surface area contributed by atoms with Crippen molar-refractivity contribution >= 4 is 0 Å². The number of piperidine rings is 1. The van der Waals surface area contributed by atoms with Crippen LogP contribution in [-0.2, 0) is 0 Å². The van der Waals surface area contributed by atoms with Gasteiger partial charge in [-0.05, 0) is 46.2 Å². The lowest BCUT2D eigenvalue weighted by Gasteiger charge is -2.37. The Morgan fingerprint density at radius 2 is 1.78 bits per heavy atom. The van der Waals surface area contributed by atoms with Crippen LogP contribution < -0.4 is 5.32 Å². The highest BCUT2D eigenvalue weighted by Crippen LogP contribution is 2.34. The molecular weight excluding hydrogens is 241 g/mol. The maximum atomic E-state index is 12.5. The fourth-order valence-corrected chi connectivity index (χ4v) is 2.31. The van der Waals surface area contributed by atoms with Crippen molar-refractivity contribution < 1.29 is 13.2 Å². The van der Waals surface area contributed by atoms with E-state index >= 15 is 0 Å². The van der Waals surface area contributed by atoms with E-state index < -0.39 is 12.1 Å². The van der Waals surface area contributed by atoms with E-state index in [1.165, 1.54) is 0 Å². The van der Waals surface area contributed by atoms with Crippen LogP contribution in [0.3, 0.4) is 0 Å². The summed E-state index contributed by atoms with van der Waals surface area (Å²) in [6, 6.07) is 0.786. The Bertz CT molecular complexity index is 235. The summed E-state index contributed by atoms with van der Waals surface area (Å²) in [6.45, 7) is 8.32. The van der Waals surface area contributed by atoms with Crippen LogP contribution in [0.4, 0.5) is 13.2 Å². The summed E-state index contributed by atoms with van der Waals surface area (Å²) >= 11 is 0. The van der Waals surface area contributed by atoms with E-state index in [0.29, 0.717) is 25.2 Å². The van der Waals surface area contributed by atoms with E-state index in [0.717, 1.165) is 13.0 Å². The summed E-state index contributed by atoms with van der Waals surface area (Å²) in [6.07, 6.45) is -2.44. The van der Waals surface area contributed by atoms with E-state index in [2.05, 4.69) is 31.0 Å². The lowest BCUT2D eigenvalue weighted by Crippen LogP contribution is -2.47. The zero-order valence-electron chi connectivity index (χ0n) is 11.6. The highest BCUT2D eigenvalue weighted by Gasteiger charge is 2.41. The molecule has 18 heavy (non-hydrogen) atoms. The molecule has 108 valence electrons. The second kappa shape index (κ2) is 6.75. The third-order valence-electron chi connectivity index (χ3n) is 3.99. The maximum absolute atomic E-state index is 12.5. The molecule has 2 nitrogen and oxygen atoms in total. The summed E-state index contributed by atoms with van der Waals surface area (Å²) < 4.78 is 37.6. The van der Waals surface area contributed by atoms with Crippen LogP contribution in [-0.4, -0.2) is 42.8 Å². The summed E-state index contributed by atoms with van der Waals surface area (Å²) in [5.41, 5.74) is 0. The molecule has 5 heteroatoms. The molecule has 0 spiro atoms. The fourth-order valence-electron chi connectivity index (χ4n) is 2.31. The van der Waals surface area contributed by atoms with Gasteiger partial charge in [-0.2, -0.15) is 13.2 Å². The topological polar surface area (TPSA) is 15.3 Å². The minimum Gasteiger partial charge on any atom is -0.313 e. The molecule has 2 unspecified atom stereocenters. The molecule has 1 aliphatic heterocycles. The molecule has 1 aliphatic rings. The lowest BCUT2D eigenvalue weighted by atomic mass is 9.95. The monoisotopic (exact) mass is 266 g/mol. The third kappa shape index (κ3) is 4.76. The summed E-state index contributed by atoms with van der Waals surface area (Å²) in [5.74, 6) is -1.09. The highest BCUT2D eigenvalue weighted by atomic mass is 19.4. The van der Waals surface area contributed by atoms with Crippen molar-refractivity contribution in [2.75, 3.05) is 19.6 Å². The third-order valence-corrected chi connectivity index (χ3v) is 3.99. The number of likely N-dealkylation sites (tertiary alicyclic amines) is 1. The van der Waals surface area contributed by atoms with E-state index in [4.69, 9.17) is 0 Å². The van der Waals surface area contributed by atoms with Gasteiger partial charge in [0.25, 0.3) is 0 Å². The van der Waals surface area contributed by atoms with Gasteiger partial charge in [0.05, 0.1) is 5.92 Å². The molecule has 0 aliphatic carbocycles. The molecule has 2 atom stereocenters. The van der Waals surface area contributed by atoms with Crippen LogP contribution in [0.2, 0.25) is 0 Å². The SMILES string of the molecule is CCC(C)NCC(C)N1CCC(C(F)(F)F)CC1. The van der Waals surface area contributed by atoms with Crippen LogP contribution in [0, 0.1) is 5.92 Å². The molecule has 0 radical (unpaired) electrons. The summed E-state index contributed by atoms with van der Waals surface area (Å²) in [5, 5.41) is 3.41. The maximum Gasteiger partial charge on any atom is 0.391 e. The van der Waals surface area contributed by atoms with Crippen molar-refractivity contribution in [3.05, 3.63) is 0 Å². The molecule has 0 amide bonds. The quantitative estimate of drug-likeness (QED) is 0.823. The van der Waals surface area contributed by atoms with Gasteiger partial charge in [-0.15, -0.1) is 0 Å². The number of hydrogen-bond donors (Lipinski definition) is 1. The Kier molecular flexibility index (Phi) is 5.92. The number of hydrogen-bond acceptors (Lipinski definition) is 2. The number of halogens is 3. The van der Waals surface area contributed by atoms with Gasteiger partial charge < -0.3 is 5.32 Å². The van der Waals surface area contributed by atoms with Gasteiger partial charge >= 0.3 is 6.18 Å². The van der Waals surface area contributed by atoms with Crippen LogP contribution in [0.15, 0.2) is 0 Å². The molecule has 1 rings (SSSR count). The van der Waals surface area contributed by atoms with Crippen molar-refractivity contribution in [2.24, 2.45) is 5.92 Å². The van der Waals surface area contributed by atoms with Crippen LogP contribution >= 0.6 is 0 Å². The van der Waals surface area contributed by atoms with Crippen LogP contribution in [0.1, 0.15) is 40.0 Å². The predicted molar refractivity (Wildman–Crippen MR) is 67.6 cm³/mol. The zero-order chi connectivity index (χ0) is 13.8. The average molecular weight is 266 g/mol. The molecule has 0 saturated carbocycles. The Hall–Kier alpha value is -0.290. The second-order valence-corrected chi connectivity index (χ2v) is 5.42. The molecular formula is C13H25F3N2. The Morgan fingerprint density at radius 1 is 1.22 bits per heavy atom. The van der Waals surface area contributed by atoms with Crippen LogP contribution in [0.25, 0.3) is 0 Å². The fraction of sp³-hybridized carbons (Fsp3) is 1.00. The number of alkyl halides is 3. The number of nitrogens with one attached hydrogen (secondary N) is 1. The molecule has 0 bridgehead atoms. The minimum atomic E-state index is -4.01. The smallest absolute Gasteiger partial charge is 0.313 e. The average Bonchev–Trinajstić information content (AvgIpc) is 2.34. The van der Waals surface area contributed by atoms with Crippen molar-refractivity contribution in [2.45, 2.75) is 58.3 Å². The zero-order valence-corrected chi connectivity index (χ0v) is 11.6. The Morgan fingerprint density at radius 3 is 2.22 bits per heavy atom. The molecule has 0 aromatic heterocycles. The summed E-state index contributed by atoms with van der Waals surface area (Å²) in [4.78, 5) is 2.16. The number of nitrogens with zero attached hydrogens (tertiary/aromatic N) is 1. The molecule has 1 N–H and O–H groups in total. The van der Waals surface area contributed by atoms with Gasteiger partial charge in [-0.25, -0.2) is 0 Å². The van der Waals surface area contributed by atoms with Crippen molar-refractivity contribution in [3.8, 4) is 0 Å². The van der Waals surface area contributed by atoms with E-state index in [9.17, 15) is 13.2 Å². The predicted octanol–water partition coefficient (Wildman–Crippen LogP) is 3.04. The lowest BCUT2D eigenvalue weighted by molar-refractivity contribution is -0.185. The van der Waals surface area contributed by atoms with Crippen molar-refractivity contribution in [1.29, 1.82) is 0 Å². The highest BCUT2D eigenvalue weighted by molar-refractivity contribution is 4.81. The summed E-state index contributed by atoms with van der Waals surface area (Å²) in [7, 11) is 0. The standard InChI is InChI=1S/C13H25F3N2/c1-4-10(2)17-9-11(3)18-7-5-12(6-8-18)13(14,15)16/h10-12,17H,4-9H2,1-3H3. The van der Waals surface area contributed by atoms with E-state index in [-0.39, 0.29) is 12.8 Å².